The van der Waals surface area contributed by atoms with Crippen LogP contribution in [0.2, 0.25) is 0 Å². The summed E-state index contributed by atoms with van der Waals surface area (Å²) >= 11 is 0. The van der Waals surface area contributed by atoms with Gasteiger partial charge in [0.25, 0.3) is 0 Å². The first-order valence-corrected chi connectivity index (χ1v) is 9.10. The third-order valence-electron chi connectivity index (χ3n) is 4.85. The van der Waals surface area contributed by atoms with E-state index in [0.29, 0.717) is 12.3 Å². The van der Waals surface area contributed by atoms with Crippen LogP contribution in [-0.2, 0) is 9.53 Å². The Morgan fingerprint density at radius 1 is 0.857 bits per heavy atom. The molecule has 0 saturated carbocycles. The van der Waals surface area contributed by atoms with Crippen LogP contribution >= 0.6 is 0 Å². The molecule has 0 aliphatic rings. The summed E-state index contributed by atoms with van der Waals surface area (Å²) in [7, 11) is 0. The van der Waals surface area contributed by atoms with Gasteiger partial charge in [0.2, 0.25) is 0 Å². The molecule has 0 amide bonds. The second-order valence-corrected chi connectivity index (χ2v) is 7.01. The van der Waals surface area contributed by atoms with Gasteiger partial charge in [-0.05, 0) is 31.1 Å². The van der Waals surface area contributed by atoms with Crippen molar-refractivity contribution < 1.29 is 9.53 Å². The van der Waals surface area contributed by atoms with Crippen LogP contribution in [0.3, 0.4) is 0 Å². The summed E-state index contributed by atoms with van der Waals surface area (Å²) in [6.07, 6.45) is 9.66. The molecule has 0 aliphatic carbocycles. The van der Waals surface area contributed by atoms with Crippen molar-refractivity contribution in [1.29, 1.82) is 0 Å². The predicted molar refractivity (Wildman–Crippen MR) is 91.3 cm³/mol. The number of rotatable bonds is 12. The summed E-state index contributed by atoms with van der Waals surface area (Å²) in [5.41, 5.74) is 0. The molecular weight excluding hydrogens is 260 g/mol. The second-order valence-electron chi connectivity index (χ2n) is 7.01. The molecule has 0 aromatic rings. The molecule has 4 atom stereocenters. The molecular formula is C19H38O2. The van der Waals surface area contributed by atoms with Gasteiger partial charge in [-0.15, -0.1) is 0 Å². The highest BCUT2D eigenvalue weighted by Crippen LogP contribution is 2.22. The molecule has 0 unspecified atom stereocenters. The SMILES string of the molecule is CCC(=O)O[C@H](C)[C@@H](C)CCC[C@@H](C)CCC[C@@H](C)CC. The molecule has 0 heterocycles. The minimum Gasteiger partial charge on any atom is -0.462 e. The minimum absolute atomic E-state index is 0.0539. The average Bonchev–Trinajstić information content (AvgIpc) is 2.46. The van der Waals surface area contributed by atoms with E-state index in [1.807, 2.05) is 13.8 Å². The Bertz CT molecular complexity index is 262. The fourth-order valence-electron chi connectivity index (χ4n) is 2.59. The Hall–Kier alpha value is -0.530. The van der Waals surface area contributed by atoms with Gasteiger partial charge >= 0.3 is 5.97 Å². The van der Waals surface area contributed by atoms with Crippen LogP contribution in [-0.4, -0.2) is 12.1 Å². The van der Waals surface area contributed by atoms with Gasteiger partial charge in [-0.2, -0.15) is 0 Å². The first-order valence-electron chi connectivity index (χ1n) is 9.10. The number of hydrogen-bond donors (Lipinski definition) is 0. The third kappa shape index (κ3) is 10.8. The molecule has 2 nitrogen and oxygen atoms in total. The normalized spacial score (nSPS) is 17.0. The van der Waals surface area contributed by atoms with E-state index >= 15 is 0 Å². The lowest BCUT2D eigenvalue weighted by atomic mass is 9.91. The lowest BCUT2D eigenvalue weighted by molar-refractivity contribution is -0.150. The van der Waals surface area contributed by atoms with Gasteiger partial charge in [-0.1, -0.05) is 73.1 Å². The van der Waals surface area contributed by atoms with Crippen molar-refractivity contribution in [3.05, 3.63) is 0 Å². The van der Waals surface area contributed by atoms with Crippen molar-refractivity contribution in [2.24, 2.45) is 17.8 Å². The molecule has 0 aromatic carbocycles. The maximum atomic E-state index is 11.3. The summed E-state index contributed by atoms with van der Waals surface area (Å²) in [4.78, 5) is 11.3. The van der Waals surface area contributed by atoms with E-state index in [0.717, 1.165) is 18.3 Å². The fraction of sp³-hybridized carbons (Fsp3) is 0.947. The number of carbonyl (C=O) groups excluding carboxylic acids is 1. The van der Waals surface area contributed by atoms with Crippen LogP contribution in [0.25, 0.3) is 0 Å². The lowest BCUT2D eigenvalue weighted by Crippen LogP contribution is -2.21. The van der Waals surface area contributed by atoms with E-state index in [4.69, 9.17) is 4.74 Å². The van der Waals surface area contributed by atoms with Crippen LogP contribution in [0.5, 0.6) is 0 Å². The molecule has 0 bridgehead atoms. The highest BCUT2D eigenvalue weighted by Gasteiger charge is 2.16. The van der Waals surface area contributed by atoms with Crippen LogP contribution in [0, 0.1) is 17.8 Å². The van der Waals surface area contributed by atoms with Crippen molar-refractivity contribution in [3.63, 3.8) is 0 Å². The quantitative estimate of drug-likeness (QED) is 0.414. The first kappa shape index (κ1) is 20.5. The smallest absolute Gasteiger partial charge is 0.305 e. The largest absolute Gasteiger partial charge is 0.462 e. The van der Waals surface area contributed by atoms with E-state index in [1.54, 1.807) is 0 Å². The molecule has 0 spiro atoms. The van der Waals surface area contributed by atoms with E-state index in [1.165, 1.54) is 38.5 Å². The summed E-state index contributed by atoms with van der Waals surface area (Å²) in [5, 5.41) is 0. The third-order valence-corrected chi connectivity index (χ3v) is 4.85. The van der Waals surface area contributed by atoms with Crippen LogP contribution in [0.15, 0.2) is 0 Å². The molecule has 0 aliphatic heterocycles. The maximum Gasteiger partial charge on any atom is 0.305 e. The van der Waals surface area contributed by atoms with Crippen molar-refractivity contribution in [3.8, 4) is 0 Å². The predicted octanol–water partition coefficient (Wildman–Crippen LogP) is 5.99. The van der Waals surface area contributed by atoms with E-state index in [9.17, 15) is 4.79 Å². The van der Waals surface area contributed by atoms with E-state index in [-0.39, 0.29) is 12.1 Å². The molecule has 0 N–H and O–H groups in total. The molecule has 0 radical (unpaired) electrons. The number of hydrogen-bond acceptors (Lipinski definition) is 2. The van der Waals surface area contributed by atoms with Gasteiger partial charge in [-0.3, -0.25) is 4.79 Å². The van der Waals surface area contributed by atoms with Crippen LogP contribution < -0.4 is 0 Å². The van der Waals surface area contributed by atoms with E-state index in [2.05, 4.69) is 27.7 Å². The number of esters is 1. The zero-order chi connectivity index (χ0) is 16.3. The second kappa shape index (κ2) is 12.1. The maximum absolute atomic E-state index is 11.3. The monoisotopic (exact) mass is 298 g/mol. The van der Waals surface area contributed by atoms with Gasteiger partial charge in [0.1, 0.15) is 6.10 Å². The van der Waals surface area contributed by atoms with Crippen molar-refractivity contribution >= 4 is 5.97 Å². The van der Waals surface area contributed by atoms with Gasteiger partial charge in [0.15, 0.2) is 0 Å². The molecule has 21 heavy (non-hydrogen) atoms. The van der Waals surface area contributed by atoms with Crippen LogP contribution in [0.1, 0.15) is 92.9 Å². The number of carbonyl (C=O) groups is 1. The van der Waals surface area contributed by atoms with Gasteiger partial charge in [-0.25, -0.2) is 0 Å². The Balaban J connectivity index is 3.69. The zero-order valence-electron chi connectivity index (χ0n) is 15.3. The van der Waals surface area contributed by atoms with Gasteiger partial charge in [0.05, 0.1) is 0 Å². The van der Waals surface area contributed by atoms with Crippen LogP contribution in [0.4, 0.5) is 0 Å². The summed E-state index contributed by atoms with van der Waals surface area (Å²) in [6.45, 7) is 13.1. The van der Waals surface area contributed by atoms with Gasteiger partial charge < -0.3 is 4.74 Å². The van der Waals surface area contributed by atoms with Gasteiger partial charge in [0, 0.05) is 6.42 Å². The Morgan fingerprint density at radius 3 is 1.90 bits per heavy atom. The Morgan fingerprint density at radius 2 is 1.38 bits per heavy atom. The number of ether oxygens (including phenoxy) is 1. The standard InChI is InChI=1S/C19H38O2/c1-7-15(3)11-9-12-16(4)13-10-14-17(5)18(6)21-19(20)8-2/h15-18H,7-14H2,1-6H3/t15-,16-,17-,18+/m0/s1. The van der Waals surface area contributed by atoms with Crippen molar-refractivity contribution in [2.75, 3.05) is 0 Å². The lowest BCUT2D eigenvalue weighted by Gasteiger charge is -2.21. The molecule has 126 valence electrons. The highest BCUT2D eigenvalue weighted by atomic mass is 16.5. The minimum atomic E-state index is -0.0761. The molecule has 0 rings (SSSR count). The first-order chi connectivity index (χ1) is 9.90. The molecule has 0 saturated heterocycles. The zero-order valence-corrected chi connectivity index (χ0v) is 15.3. The Labute approximate surface area is 133 Å². The topological polar surface area (TPSA) is 26.3 Å². The van der Waals surface area contributed by atoms with Crippen molar-refractivity contribution in [2.45, 2.75) is 99.0 Å². The average molecular weight is 299 g/mol. The fourth-order valence-corrected chi connectivity index (χ4v) is 2.59. The summed E-state index contributed by atoms with van der Waals surface area (Å²) in [5.74, 6) is 2.10. The highest BCUT2D eigenvalue weighted by molar-refractivity contribution is 5.69. The van der Waals surface area contributed by atoms with Crippen molar-refractivity contribution in [1.82, 2.24) is 0 Å². The summed E-state index contributed by atoms with van der Waals surface area (Å²) < 4.78 is 5.38. The molecule has 0 fully saturated rings. The molecule has 0 aromatic heterocycles. The molecule has 2 heteroatoms. The Kier molecular flexibility index (Phi) is 11.8. The van der Waals surface area contributed by atoms with E-state index < -0.39 is 0 Å². The summed E-state index contributed by atoms with van der Waals surface area (Å²) in [6, 6.07) is 0.